The minimum Gasteiger partial charge on any atom is -0.361 e. The van der Waals surface area contributed by atoms with Crippen molar-refractivity contribution in [2.75, 3.05) is 23.9 Å². The van der Waals surface area contributed by atoms with Gasteiger partial charge in [-0.1, -0.05) is 54.6 Å². The average molecular weight is 651 g/mol. The van der Waals surface area contributed by atoms with Gasteiger partial charge in [0, 0.05) is 44.8 Å². The normalized spacial score (nSPS) is 17.3. The number of aromatic nitrogens is 1. The summed E-state index contributed by atoms with van der Waals surface area (Å²) in [6.07, 6.45) is 0. The predicted molar refractivity (Wildman–Crippen MR) is 142 cm³/mol. The van der Waals surface area contributed by atoms with Gasteiger partial charge in [-0.05, 0) is 58.1 Å². The molecule has 0 aliphatic carbocycles. The molecule has 4 nitrogen and oxygen atoms in total. The van der Waals surface area contributed by atoms with Crippen molar-refractivity contribution < 1.29 is 24.7 Å². The van der Waals surface area contributed by atoms with Crippen LogP contribution in [-0.2, 0) is 24.7 Å². The first-order valence-corrected chi connectivity index (χ1v) is 13.0. The van der Waals surface area contributed by atoms with Gasteiger partial charge in [0.1, 0.15) is 7.14 Å². The maximum absolute atomic E-state index is 15.2. The van der Waals surface area contributed by atoms with E-state index in [1.165, 1.54) is 0 Å². The number of fused-ring (bicyclic) bond motifs is 5. The molecule has 1 aromatic heterocycles. The Balaban J connectivity index is 0.00000229. The molecular weight excluding hydrogens is 630 g/mol. The van der Waals surface area contributed by atoms with Crippen LogP contribution in [0, 0.1) is 6.07 Å². The third kappa shape index (κ3) is 2.96. The first-order valence-electron chi connectivity index (χ1n) is 11.3. The molecule has 5 aromatic rings. The smallest absolute Gasteiger partial charge is 0.142 e. The molecule has 173 valence electrons. The molecule has 7 rings (SSSR count). The van der Waals surface area contributed by atoms with E-state index in [4.69, 9.17) is 4.98 Å². The van der Waals surface area contributed by atoms with Crippen molar-refractivity contribution in [2.24, 2.45) is 0 Å². The van der Waals surface area contributed by atoms with Crippen molar-refractivity contribution in [3.63, 3.8) is 0 Å². The number of hydrogen-bond acceptors (Lipinski definition) is 4. The van der Waals surface area contributed by atoms with E-state index in [0.29, 0.717) is 0 Å². The van der Waals surface area contributed by atoms with Crippen LogP contribution in [0.25, 0.3) is 22.2 Å². The molecule has 0 spiro atoms. The van der Waals surface area contributed by atoms with Crippen LogP contribution in [0.15, 0.2) is 91.0 Å². The third-order valence-electron chi connectivity index (χ3n) is 7.05. The van der Waals surface area contributed by atoms with Gasteiger partial charge in [0.15, 0.2) is 0 Å². The number of para-hydroxylation sites is 3. The number of benzene rings is 4. The number of anilines is 4. The number of pyridine rings is 1. The Labute approximate surface area is 218 Å². The topological polar surface area (TPSA) is 36.4 Å². The van der Waals surface area contributed by atoms with Gasteiger partial charge in [0.05, 0.1) is 16.9 Å². The summed E-state index contributed by atoms with van der Waals surface area (Å²) in [5.74, 6) is 0. The van der Waals surface area contributed by atoms with Crippen molar-refractivity contribution in [1.82, 2.24) is 4.98 Å². The van der Waals surface area contributed by atoms with Gasteiger partial charge in [0.25, 0.3) is 0 Å². The van der Waals surface area contributed by atoms with E-state index in [-0.39, 0.29) is 20.1 Å². The summed E-state index contributed by atoms with van der Waals surface area (Å²) in [6.45, 7) is 0. The number of hydrogen-bond donors (Lipinski definition) is 0. The molecule has 0 fully saturated rings. The van der Waals surface area contributed by atoms with Gasteiger partial charge in [-0.25, -0.2) is 0 Å². The number of rotatable bonds is 1. The van der Waals surface area contributed by atoms with Crippen LogP contribution in [0.3, 0.4) is 0 Å². The first kappa shape index (κ1) is 22.2. The van der Waals surface area contributed by atoms with Gasteiger partial charge in [-0.15, -0.1) is 17.7 Å². The summed E-state index contributed by atoms with van der Waals surface area (Å²) in [7, 11) is 1.01. The molecule has 1 unspecified atom stereocenters. The van der Waals surface area contributed by atoms with Crippen molar-refractivity contribution in [2.45, 2.75) is 0 Å². The maximum Gasteiger partial charge on any atom is 0.142 e. The minimum absolute atomic E-state index is 0. The predicted octanol–water partition coefficient (Wildman–Crippen LogP) is 5.50. The van der Waals surface area contributed by atoms with Crippen LogP contribution in [-0.4, -0.2) is 19.1 Å². The minimum atomic E-state index is -3.08. The van der Waals surface area contributed by atoms with Crippen molar-refractivity contribution in [1.29, 1.82) is 0 Å². The van der Waals surface area contributed by atoms with Crippen molar-refractivity contribution in [3.8, 4) is 11.3 Å². The zero-order chi connectivity index (χ0) is 23.0. The zero-order valence-corrected chi connectivity index (χ0v) is 22.5. The molecule has 1 radical (unpaired) electrons. The average Bonchev–Trinajstić information content (AvgIpc) is 2.90. The summed E-state index contributed by atoms with van der Waals surface area (Å²) in [6, 6.07) is 34.1. The van der Waals surface area contributed by atoms with E-state index < -0.39 is 7.14 Å². The van der Waals surface area contributed by atoms with Crippen molar-refractivity contribution in [3.05, 3.63) is 97.1 Å². The summed E-state index contributed by atoms with van der Waals surface area (Å²) < 4.78 is 15.2. The molecule has 0 bridgehead atoms. The Morgan fingerprint density at radius 1 is 0.743 bits per heavy atom. The fourth-order valence-corrected chi connectivity index (χ4v) is 8.83. The molecule has 0 saturated heterocycles. The molecule has 4 aromatic carbocycles. The Kier molecular flexibility index (Phi) is 5.02. The molecule has 2 aliphatic heterocycles. The van der Waals surface area contributed by atoms with E-state index in [0.717, 1.165) is 60.8 Å². The van der Waals surface area contributed by atoms with Crippen LogP contribution < -0.4 is 25.7 Å². The summed E-state index contributed by atoms with van der Waals surface area (Å²) in [4.78, 5) is 9.20. The Morgan fingerprint density at radius 2 is 1.37 bits per heavy atom. The second kappa shape index (κ2) is 7.90. The molecule has 3 heterocycles. The summed E-state index contributed by atoms with van der Waals surface area (Å²) in [5.41, 5.74) is 6.43. The van der Waals surface area contributed by atoms with Gasteiger partial charge < -0.3 is 14.4 Å². The van der Waals surface area contributed by atoms with Crippen LogP contribution in [0.4, 0.5) is 22.7 Å². The van der Waals surface area contributed by atoms with Crippen LogP contribution in [0.1, 0.15) is 0 Å². The third-order valence-corrected chi connectivity index (χ3v) is 10.2. The molecule has 0 amide bonds. The van der Waals surface area contributed by atoms with Crippen LogP contribution in [0.2, 0.25) is 0 Å². The SMILES string of the molecule is CN1c2[c-]c(-c3ccc4ccccc4n3)cc3c2P(=O)(c2ccccc21)c1ccccc1N3C.[Ir]. The number of nitrogens with zero attached hydrogens (tertiary/aromatic N) is 3. The molecule has 35 heavy (non-hydrogen) atoms. The Bertz CT molecular complexity index is 1620. The molecule has 0 N–H and O–H groups in total. The van der Waals surface area contributed by atoms with E-state index in [1.54, 1.807) is 0 Å². The summed E-state index contributed by atoms with van der Waals surface area (Å²) in [5, 5.41) is 3.74. The molecule has 0 saturated carbocycles. The first-order chi connectivity index (χ1) is 16.6. The van der Waals surface area contributed by atoms with Crippen LogP contribution in [0.5, 0.6) is 0 Å². The molecule has 1 atom stereocenters. The largest absolute Gasteiger partial charge is 0.361 e. The van der Waals surface area contributed by atoms with E-state index in [1.807, 2.05) is 73.8 Å². The second-order valence-corrected chi connectivity index (χ2v) is 11.5. The maximum atomic E-state index is 15.2. The quantitative estimate of drug-likeness (QED) is 0.178. The molecule has 6 heteroatoms. The molecular formula is C29H21IrN3OP-. The van der Waals surface area contributed by atoms with Gasteiger partial charge >= 0.3 is 0 Å². The van der Waals surface area contributed by atoms with Gasteiger partial charge in [0.2, 0.25) is 0 Å². The fraction of sp³-hybridized carbons (Fsp3) is 0.0690. The molecule has 2 aliphatic rings. The zero-order valence-electron chi connectivity index (χ0n) is 19.2. The van der Waals surface area contributed by atoms with Crippen molar-refractivity contribution >= 4 is 56.7 Å². The Hall–Kier alpha value is -3.23. The van der Waals surface area contributed by atoms with E-state index >= 15 is 4.57 Å². The fourth-order valence-electron chi connectivity index (χ4n) is 5.36. The standard InChI is InChI=1S/C29H21N3OP.Ir/c1-31-23-11-5-7-13-27(23)34(33)28-14-8-6-12-24(28)32(2)26-18-20(17-25(31)29(26)34)22-16-15-19-9-3-4-10-21(19)30-22;/h3-17H,1-2H3;/q-1;. The second-order valence-electron chi connectivity index (χ2n) is 8.86. The van der Waals surface area contributed by atoms with Gasteiger partial charge in [-0.2, -0.15) is 0 Å². The Morgan fingerprint density at radius 3 is 2.11 bits per heavy atom. The van der Waals surface area contributed by atoms with Crippen LogP contribution >= 0.6 is 7.14 Å². The van der Waals surface area contributed by atoms with Gasteiger partial charge in [-0.3, -0.25) is 4.98 Å². The van der Waals surface area contributed by atoms with E-state index in [9.17, 15) is 0 Å². The van der Waals surface area contributed by atoms with E-state index in [2.05, 4.69) is 47.2 Å². The summed E-state index contributed by atoms with van der Waals surface area (Å²) >= 11 is 0. The monoisotopic (exact) mass is 651 g/mol.